The van der Waals surface area contributed by atoms with Gasteiger partial charge in [-0.25, -0.2) is 4.68 Å². The summed E-state index contributed by atoms with van der Waals surface area (Å²) in [5.74, 6) is 0.255. The van der Waals surface area contributed by atoms with Gasteiger partial charge in [-0.3, -0.25) is 4.79 Å². The summed E-state index contributed by atoms with van der Waals surface area (Å²) in [5, 5.41) is 7.75. The van der Waals surface area contributed by atoms with Crippen molar-refractivity contribution in [1.29, 1.82) is 0 Å². The van der Waals surface area contributed by atoms with Crippen LogP contribution in [-0.4, -0.2) is 21.7 Å². The van der Waals surface area contributed by atoms with Gasteiger partial charge in [-0.15, -0.1) is 0 Å². The Morgan fingerprint density at radius 3 is 2.16 bits per heavy atom. The van der Waals surface area contributed by atoms with Crippen molar-refractivity contribution in [2.24, 2.45) is 5.92 Å². The Bertz CT molecular complexity index is 838. The first kappa shape index (κ1) is 17.0. The molecular weight excluding hydrogens is 310 g/mol. The summed E-state index contributed by atoms with van der Waals surface area (Å²) >= 11 is 0. The summed E-state index contributed by atoms with van der Waals surface area (Å²) in [4.78, 5) is 12.8. The van der Waals surface area contributed by atoms with E-state index >= 15 is 0 Å². The molecule has 4 nitrogen and oxygen atoms in total. The lowest BCUT2D eigenvalue weighted by molar-refractivity contribution is 0.0922. The van der Waals surface area contributed by atoms with E-state index in [9.17, 15) is 4.79 Å². The molecule has 0 saturated heterocycles. The number of aromatic nitrogens is 2. The number of amides is 1. The summed E-state index contributed by atoms with van der Waals surface area (Å²) in [6, 6.07) is 21.6. The number of benzene rings is 2. The van der Waals surface area contributed by atoms with E-state index in [1.165, 1.54) is 0 Å². The Morgan fingerprint density at radius 2 is 1.56 bits per heavy atom. The number of nitrogens with one attached hydrogen (secondary N) is 1. The quantitative estimate of drug-likeness (QED) is 0.756. The summed E-state index contributed by atoms with van der Waals surface area (Å²) < 4.78 is 1.71. The highest BCUT2D eigenvalue weighted by atomic mass is 16.2. The van der Waals surface area contributed by atoms with Crippen molar-refractivity contribution >= 4 is 5.91 Å². The third-order valence-corrected chi connectivity index (χ3v) is 4.37. The van der Waals surface area contributed by atoms with Crippen molar-refractivity contribution in [3.05, 3.63) is 72.4 Å². The van der Waals surface area contributed by atoms with Crippen LogP contribution in [0.25, 0.3) is 16.9 Å². The second-order valence-corrected chi connectivity index (χ2v) is 6.53. The normalized spacial score (nSPS) is 12.2. The first-order chi connectivity index (χ1) is 12.1. The Kier molecular flexibility index (Phi) is 4.98. The molecule has 0 fully saturated rings. The van der Waals surface area contributed by atoms with Crippen LogP contribution in [0, 0.1) is 5.92 Å². The molecule has 0 aliphatic heterocycles. The largest absolute Gasteiger partial charge is 0.348 e. The lowest BCUT2D eigenvalue weighted by Gasteiger charge is -2.17. The van der Waals surface area contributed by atoms with Crippen LogP contribution in [0.15, 0.2) is 66.7 Å². The molecule has 0 radical (unpaired) electrons. The van der Waals surface area contributed by atoms with Gasteiger partial charge in [0.2, 0.25) is 0 Å². The molecule has 128 valence electrons. The van der Waals surface area contributed by atoms with E-state index in [4.69, 9.17) is 0 Å². The second kappa shape index (κ2) is 7.34. The molecule has 1 heterocycles. The number of carbonyl (C=O) groups is 1. The first-order valence-corrected chi connectivity index (χ1v) is 8.58. The summed E-state index contributed by atoms with van der Waals surface area (Å²) in [6.07, 6.45) is 0. The molecule has 0 spiro atoms. The summed E-state index contributed by atoms with van der Waals surface area (Å²) in [6.45, 7) is 6.20. The van der Waals surface area contributed by atoms with E-state index in [2.05, 4.69) is 24.3 Å². The fraction of sp³-hybridized carbons (Fsp3) is 0.238. The molecule has 4 heteroatoms. The topological polar surface area (TPSA) is 46.9 Å². The van der Waals surface area contributed by atoms with Gasteiger partial charge in [-0.05, 0) is 31.0 Å². The van der Waals surface area contributed by atoms with Crippen molar-refractivity contribution < 1.29 is 4.79 Å². The van der Waals surface area contributed by atoms with Crippen LogP contribution in [0.4, 0.5) is 0 Å². The van der Waals surface area contributed by atoms with Crippen molar-refractivity contribution in [1.82, 2.24) is 15.1 Å². The third kappa shape index (κ3) is 3.79. The Morgan fingerprint density at radius 1 is 0.960 bits per heavy atom. The standard InChI is InChI=1S/C21H23N3O/c1-15(2)16(3)22-21(25)20-14-19(17-10-6-4-7-11-17)23-24(20)18-12-8-5-9-13-18/h4-16H,1-3H3,(H,22,25)/t16-/m1/s1. The number of para-hydroxylation sites is 1. The molecular formula is C21H23N3O. The zero-order chi connectivity index (χ0) is 17.8. The van der Waals surface area contributed by atoms with Crippen LogP contribution in [0.2, 0.25) is 0 Å². The van der Waals surface area contributed by atoms with Crippen molar-refractivity contribution in [3.8, 4) is 16.9 Å². The fourth-order valence-corrected chi connectivity index (χ4v) is 2.51. The van der Waals surface area contributed by atoms with Gasteiger partial charge in [0.1, 0.15) is 5.69 Å². The van der Waals surface area contributed by atoms with E-state index in [1.807, 2.05) is 73.7 Å². The maximum absolute atomic E-state index is 12.8. The maximum Gasteiger partial charge on any atom is 0.270 e. The summed E-state index contributed by atoms with van der Waals surface area (Å²) in [7, 11) is 0. The van der Waals surface area contributed by atoms with Gasteiger partial charge in [0, 0.05) is 11.6 Å². The zero-order valence-corrected chi connectivity index (χ0v) is 14.8. The smallest absolute Gasteiger partial charge is 0.270 e. The van der Waals surface area contributed by atoms with Gasteiger partial charge >= 0.3 is 0 Å². The number of hydrogen-bond donors (Lipinski definition) is 1. The van der Waals surface area contributed by atoms with Crippen molar-refractivity contribution in [2.75, 3.05) is 0 Å². The molecule has 0 unspecified atom stereocenters. The Hall–Kier alpha value is -2.88. The van der Waals surface area contributed by atoms with Crippen LogP contribution in [0.1, 0.15) is 31.3 Å². The van der Waals surface area contributed by atoms with Crippen LogP contribution in [-0.2, 0) is 0 Å². The fourth-order valence-electron chi connectivity index (χ4n) is 2.51. The molecule has 1 atom stereocenters. The van der Waals surface area contributed by atoms with Gasteiger partial charge in [-0.2, -0.15) is 5.10 Å². The molecule has 1 N–H and O–H groups in total. The van der Waals surface area contributed by atoms with Crippen LogP contribution < -0.4 is 5.32 Å². The van der Waals surface area contributed by atoms with E-state index < -0.39 is 0 Å². The van der Waals surface area contributed by atoms with E-state index in [0.29, 0.717) is 11.6 Å². The van der Waals surface area contributed by atoms with Gasteiger partial charge in [0.15, 0.2) is 0 Å². The molecule has 3 aromatic rings. The molecule has 0 aliphatic carbocycles. The SMILES string of the molecule is CC(C)[C@@H](C)NC(=O)c1cc(-c2ccccc2)nn1-c1ccccc1. The van der Waals surface area contributed by atoms with Crippen LogP contribution >= 0.6 is 0 Å². The zero-order valence-electron chi connectivity index (χ0n) is 14.8. The second-order valence-electron chi connectivity index (χ2n) is 6.53. The molecule has 0 aliphatic rings. The van der Waals surface area contributed by atoms with E-state index in [0.717, 1.165) is 16.9 Å². The monoisotopic (exact) mass is 333 g/mol. The minimum atomic E-state index is -0.111. The molecule has 0 saturated carbocycles. The highest BCUT2D eigenvalue weighted by Gasteiger charge is 2.20. The van der Waals surface area contributed by atoms with E-state index in [-0.39, 0.29) is 11.9 Å². The highest BCUT2D eigenvalue weighted by Crippen LogP contribution is 2.21. The minimum absolute atomic E-state index is 0.0896. The summed E-state index contributed by atoms with van der Waals surface area (Å²) in [5.41, 5.74) is 3.18. The third-order valence-electron chi connectivity index (χ3n) is 4.37. The van der Waals surface area contributed by atoms with Gasteiger partial charge < -0.3 is 5.32 Å². The average molecular weight is 333 g/mol. The number of nitrogens with zero attached hydrogens (tertiary/aromatic N) is 2. The number of carbonyl (C=O) groups excluding carboxylic acids is 1. The van der Waals surface area contributed by atoms with Gasteiger partial charge in [0.05, 0.1) is 11.4 Å². The molecule has 1 amide bonds. The first-order valence-electron chi connectivity index (χ1n) is 8.58. The number of rotatable bonds is 5. The predicted molar refractivity (Wildman–Crippen MR) is 101 cm³/mol. The highest BCUT2D eigenvalue weighted by molar-refractivity contribution is 5.94. The molecule has 2 aromatic carbocycles. The molecule has 25 heavy (non-hydrogen) atoms. The van der Waals surface area contributed by atoms with Gasteiger partial charge in [0.25, 0.3) is 5.91 Å². The lowest BCUT2D eigenvalue weighted by atomic mass is 10.1. The molecule has 0 bridgehead atoms. The minimum Gasteiger partial charge on any atom is -0.348 e. The Labute approximate surface area is 148 Å². The van der Waals surface area contributed by atoms with Gasteiger partial charge in [-0.1, -0.05) is 62.4 Å². The Balaban J connectivity index is 2.03. The maximum atomic E-state index is 12.8. The van der Waals surface area contributed by atoms with Crippen molar-refractivity contribution in [2.45, 2.75) is 26.8 Å². The predicted octanol–water partition coefficient (Wildman–Crippen LogP) is 4.31. The molecule has 3 rings (SSSR count). The van der Waals surface area contributed by atoms with Crippen molar-refractivity contribution in [3.63, 3.8) is 0 Å². The average Bonchev–Trinajstić information content (AvgIpc) is 3.08. The number of hydrogen-bond acceptors (Lipinski definition) is 2. The van der Waals surface area contributed by atoms with Crippen LogP contribution in [0.5, 0.6) is 0 Å². The molecule has 1 aromatic heterocycles. The van der Waals surface area contributed by atoms with E-state index in [1.54, 1.807) is 4.68 Å². The van der Waals surface area contributed by atoms with Crippen LogP contribution in [0.3, 0.4) is 0 Å². The lowest BCUT2D eigenvalue weighted by Crippen LogP contribution is -2.37.